The first-order valence-corrected chi connectivity index (χ1v) is 40.1. The van der Waals surface area contributed by atoms with Crippen LogP contribution < -0.4 is 0 Å². The molecule has 10 heteroatoms. The third-order valence-electron chi connectivity index (χ3n) is 11.0. The summed E-state index contributed by atoms with van der Waals surface area (Å²) in [5.74, 6) is 0. The van der Waals surface area contributed by atoms with Crippen LogP contribution in [-0.2, 0) is 9.47 Å². The van der Waals surface area contributed by atoms with Crippen LogP contribution in [0.25, 0.3) is 0 Å². The second-order valence-corrected chi connectivity index (χ2v) is 49.6. The fraction of sp³-hybridized carbons (Fsp3) is 0.545. The summed E-state index contributed by atoms with van der Waals surface area (Å²) in [5, 5.41) is 0. The normalized spacial score (nSPS) is 24.0. The van der Waals surface area contributed by atoms with Gasteiger partial charge >= 0.3 is 0 Å². The molecule has 0 aromatic rings. The number of rotatable bonds is 8. The topological polar surface area (TPSA) is 18.5 Å². The zero-order chi connectivity index (χ0) is 39.2. The minimum atomic E-state index is -1.53. The Morgan fingerprint density at radius 3 is 0.574 bits per heavy atom. The molecule has 4 aliphatic carbocycles. The van der Waals surface area contributed by atoms with Crippen molar-refractivity contribution < 1.29 is 90.3 Å². The van der Waals surface area contributed by atoms with Crippen LogP contribution in [-0.4, -0.2) is 74.9 Å². The molecule has 2 heterocycles. The maximum Gasteiger partial charge on any atom is 0.0618 e. The van der Waals surface area contributed by atoms with Crippen LogP contribution in [0.2, 0.25) is 105 Å². The monoisotopic (exact) mass is 1110 g/mol. The number of ether oxygens (including phenoxy) is 2. The molecule has 0 unspecified atom stereocenters. The van der Waals surface area contributed by atoms with Gasteiger partial charge in [0, 0.05) is 107 Å². The van der Waals surface area contributed by atoms with Gasteiger partial charge in [-0.05, 0) is 147 Å². The fourth-order valence-electron chi connectivity index (χ4n) is 6.55. The molecule has 54 heavy (non-hydrogen) atoms. The van der Waals surface area contributed by atoms with E-state index in [0.29, 0.717) is 0 Å². The van der Waals surface area contributed by atoms with Gasteiger partial charge in [-0.25, -0.2) is 0 Å². The zero-order valence-corrected chi connectivity index (χ0v) is 48.5. The summed E-state index contributed by atoms with van der Waals surface area (Å²) in [6.45, 7) is 43.2. The van der Waals surface area contributed by atoms with E-state index in [1.165, 1.54) is 25.7 Å². The molecule has 6 aliphatic rings. The molecule has 4 saturated carbocycles. The standard InChI is InChI=1S/2C18H30Si3.2C4H8O.2Sm/c2*1-19(2,3)15-9-11-17(13-15)21(7,8)18-12-10-16(14-18)20(4,5)6;2*1-2-4-5-3-1;;/h2*9-14H,1-8H3;2*1-4H2;;. The van der Waals surface area contributed by atoms with Crippen molar-refractivity contribution >= 4 is 48.4 Å². The van der Waals surface area contributed by atoms with Crippen molar-refractivity contribution in [3.8, 4) is 0 Å². The molecule has 0 aromatic carbocycles. The van der Waals surface area contributed by atoms with Crippen LogP contribution in [0, 0.1) is 202 Å². The maximum absolute atomic E-state index is 4.94. The van der Waals surface area contributed by atoms with Gasteiger partial charge in [-0.2, -0.15) is 0 Å². The van der Waals surface area contributed by atoms with E-state index < -0.39 is 48.4 Å². The zero-order valence-electron chi connectivity index (χ0n) is 37.2. The Bertz CT molecular complexity index is 874. The van der Waals surface area contributed by atoms with E-state index in [-0.39, 0.29) is 80.8 Å². The summed E-state index contributed by atoms with van der Waals surface area (Å²) in [6.07, 6.45) is 34.3. The Morgan fingerprint density at radius 1 is 0.296 bits per heavy atom. The summed E-state index contributed by atoms with van der Waals surface area (Å²) in [5.41, 5.74) is 12.8. The predicted molar refractivity (Wildman–Crippen MR) is 246 cm³/mol. The van der Waals surface area contributed by atoms with Gasteiger partial charge in [-0.15, -0.1) is 0 Å². The summed E-state index contributed by atoms with van der Waals surface area (Å²) < 4.78 is 9.89. The van der Waals surface area contributed by atoms with E-state index in [4.69, 9.17) is 9.47 Å². The van der Waals surface area contributed by atoms with Crippen LogP contribution in [0.3, 0.4) is 0 Å². The van der Waals surface area contributed by atoms with E-state index >= 15 is 0 Å². The van der Waals surface area contributed by atoms with Gasteiger partial charge < -0.3 is 9.47 Å². The van der Waals surface area contributed by atoms with Gasteiger partial charge in [0.25, 0.3) is 0 Å². The molecule has 0 atom stereocenters. The first-order valence-electron chi connectivity index (χ1n) is 20.1. The van der Waals surface area contributed by atoms with Gasteiger partial charge in [-0.3, -0.25) is 0 Å². The Hall–Kier alpha value is 3.90. The average Bonchev–Trinajstić information content (AvgIpc) is 3.87. The van der Waals surface area contributed by atoms with Gasteiger partial charge in [0.2, 0.25) is 0 Å². The number of hydrogen-bond donors (Lipinski definition) is 0. The van der Waals surface area contributed by atoms with Gasteiger partial charge in [0.15, 0.2) is 0 Å². The van der Waals surface area contributed by atoms with E-state index in [1.54, 1.807) is 44.3 Å². The summed E-state index contributed by atoms with van der Waals surface area (Å²) in [6, 6.07) is 0. The first-order chi connectivity index (χ1) is 23.8. The minimum Gasteiger partial charge on any atom is -0.381 e. The third kappa shape index (κ3) is 17.6. The average molecular weight is 1110 g/mol. The van der Waals surface area contributed by atoms with E-state index in [1.807, 2.05) is 0 Å². The molecule has 0 amide bonds. The van der Waals surface area contributed by atoms with Crippen LogP contribution >= 0.6 is 0 Å². The number of hydrogen-bond acceptors (Lipinski definition) is 2. The van der Waals surface area contributed by atoms with Gasteiger partial charge in [-0.1, -0.05) is 105 Å². The smallest absolute Gasteiger partial charge is 0.0618 e. The van der Waals surface area contributed by atoms with Crippen molar-refractivity contribution in [3.63, 3.8) is 0 Å². The molecular formula is C44H76O2Si6Sm2. The van der Waals surface area contributed by atoms with Crippen molar-refractivity contribution in [2.75, 3.05) is 26.4 Å². The molecule has 0 aromatic heterocycles. The van der Waals surface area contributed by atoms with Crippen molar-refractivity contribution in [2.45, 2.75) is 130 Å². The molecule has 2 saturated heterocycles. The van der Waals surface area contributed by atoms with Gasteiger partial charge in [0.1, 0.15) is 0 Å². The largest absolute Gasteiger partial charge is 0.381 e. The predicted octanol–water partition coefficient (Wildman–Crippen LogP) is 11.8. The van der Waals surface area contributed by atoms with Crippen LogP contribution in [0.1, 0.15) is 25.7 Å². The maximum atomic E-state index is 4.94. The summed E-state index contributed by atoms with van der Waals surface area (Å²) in [7, 11) is -7.81. The van der Waals surface area contributed by atoms with Crippen LogP contribution in [0.4, 0.5) is 0 Å². The first kappa shape index (κ1) is 55.9. The third-order valence-corrected chi connectivity index (χ3v) is 26.2. The SMILES string of the molecule is C1CCOC1.C1CCOC1.C[Si](C)(C)[C]1[CH][CH][C]([Si](C)(C)[C]2[CH][CH][C]([Si](C)(C)C)[CH]2)[CH]1.C[Si](C)(C)[C]1[CH][CH][C]([Si](C)(C)[C]2[CH][CH][C]([Si](C)(C)C)[CH]2)[CH]1.[Sm].[Sm]. The van der Waals surface area contributed by atoms with Crippen molar-refractivity contribution in [3.05, 3.63) is 121 Å². The van der Waals surface area contributed by atoms with E-state index in [9.17, 15) is 0 Å². The Balaban J connectivity index is 0.000000415. The molecule has 20 radical (unpaired) electrons. The molecule has 6 rings (SSSR count). The fourth-order valence-corrected chi connectivity index (χ4v) is 16.5. The summed E-state index contributed by atoms with van der Waals surface area (Å²) >= 11 is 0. The van der Waals surface area contributed by atoms with Gasteiger partial charge in [0.05, 0.1) is 48.4 Å². The Morgan fingerprint density at radius 2 is 0.463 bits per heavy atom. The van der Waals surface area contributed by atoms with E-state index in [2.05, 4.69) is 182 Å². The molecular weight excluding hydrogens is 1030 g/mol. The molecule has 2 nitrogen and oxygen atoms in total. The Kier molecular flexibility index (Phi) is 24.9. The molecule has 0 N–H and O–H groups in total. The second kappa shape index (κ2) is 24.1. The molecule has 2 aliphatic heterocycles. The van der Waals surface area contributed by atoms with Crippen molar-refractivity contribution in [2.24, 2.45) is 0 Å². The van der Waals surface area contributed by atoms with Crippen molar-refractivity contribution in [1.29, 1.82) is 0 Å². The Labute approximate surface area is 411 Å². The minimum absolute atomic E-state index is 0. The van der Waals surface area contributed by atoms with E-state index in [0.717, 1.165) is 26.4 Å². The molecule has 300 valence electrons. The summed E-state index contributed by atoms with van der Waals surface area (Å²) in [4.78, 5) is 0. The second-order valence-electron chi connectivity index (χ2n) is 20.4. The van der Waals surface area contributed by atoms with Crippen LogP contribution in [0.5, 0.6) is 0 Å². The van der Waals surface area contributed by atoms with Crippen molar-refractivity contribution in [1.82, 2.24) is 0 Å². The molecule has 6 fully saturated rings. The molecule has 0 bridgehead atoms. The molecule has 0 spiro atoms. The van der Waals surface area contributed by atoms with Crippen LogP contribution in [0.15, 0.2) is 0 Å². The quantitative estimate of drug-likeness (QED) is 0.226.